The molecule has 0 aliphatic rings. The molecule has 0 saturated heterocycles. The van der Waals surface area contributed by atoms with E-state index in [2.05, 4.69) is 4.98 Å². The lowest BCUT2D eigenvalue weighted by atomic mass is 10.1. The Hall–Kier alpha value is -2.30. The Balaban J connectivity index is 2.18. The van der Waals surface area contributed by atoms with E-state index in [1.165, 1.54) is 10.8 Å². The number of aryl methyl sites for hydroxylation is 2. The number of aromatic nitrogens is 2. The molecule has 0 bridgehead atoms. The van der Waals surface area contributed by atoms with Gasteiger partial charge in [0.05, 0.1) is 0 Å². The van der Waals surface area contributed by atoms with Gasteiger partial charge in [-0.15, -0.1) is 0 Å². The van der Waals surface area contributed by atoms with Gasteiger partial charge in [0, 0.05) is 12.7 Å². The number of aromatic amines is 1. The molecule has 5 heteroatoms. The number of hydrogen-bond donors (Lipinski definition) is 2. The summed E-state index contributed by atoms with van der Waals surface area (Å²) in [7, 11) is 0. The molecule has 0 saturated carbocycles. The Bertz CT molecular complexity index is 614. The van der Waals surface area contributed by atoms with Gasteiger partial charge in [-0.1, -0.05) is 30.3 Å². The number of nitrogens with zero attached hydrogens (tertiary/aromatic N) is 1. The van der Waals surface area contributed by atoms with Crippen LogP contribution in [0.25, 0.3) is 0 Å². The fraction of sp³-hybridized carbons (Fsp3) is 0.167. The van der Waals surface area contributed by atoms with E-state index in [9.17, 15) is 9.59 Å². The van der Waals surface area contributed by atoms with E-state index in [-0.39, 0.29) is 5.69 Å². The minimum Gasteiger partial charge on any atom is -0.393 e. The number of nitrogens with one attached hydrogen (secondary N) is 1. The average Bonchev–Trinajstić information content (AvgIpc) is 2.33. The molecule has 0 aliphatic heterocycles. The van der Waals surface area contributed by atoms with Gasteiger partial charge in [-0.2, -0.15) is 0 Å². The van der Waals surface area contributed by atoms with Crippen LogP contribution in [0.4, 0.5) is 5.69 Å². The summed E-state index contributed by atoms with van der Waals surface area (Å²) in [5, 5.41) is 0. The molecule has 17 heavy (non-hydrogen) atoms. The molecule has 1 aromatic carbocycles. The van der Waals surface area contributed by atoms with Gasteiger partial charge in [0.2, 0.25) is 0 Å². The molecule has 0 radical (unpaired) electrons. The highest BCUT2D eigenvalue weighted by Crippen LogP contribution is 2.00. The van der Waals surface area contributed by atoms with E-state index >= 15 is 0 Å². The summed E-state index contributed by atoms with van der Waals surface area (Å²) >= 11 is 0. The molecule has 0 atom stereocenters. The van der Waals surface area contributed by atoms with Crippen molar-refractivity contribution in [2.24, 2.45) is 0 Å². The molecule has 88 valence electrons. The quantitative estimate of drug-likeness (QED) is 0.800. The molecule has 0 aliphatic carbocycles. The van der Waals surface area contributed by atoms with Crippen LogP contribution >= 0.6 is 0 Å². The zero-order valence-electron chi connectivity index (χ0n) is 9.22. The smallest absolute Gasteiger partial charge is 0.328 e. The van der Waals surface area contributed by atoms with Crippen LogP contribution in [0, 0.1) is 0 Å². The number of benzene rings is 1. The van der Waals surface area contributed by atoms with Crippen molar-refractivity contribution in [1.29, 1.82) is 0 Å². The van der Waals surface area contributed by atoms with Gasteiger partial charge in [-0.05, 0) is 12.0 Å². The van der Waals surface area contributed by atoms with Crippen LogP contribution in [-0.4, -0.2) is 9.55 Å². The van der Waals surface area contributed by atoms with Crippen molar-refractivity contribution >= 4 is 5.69 Å². The Labute approximate surface area is 97.5 Å². The lowest BCUT2D eigenvalue weighted by Gasteiger charge is -2.05. The first-order chi connectivity index (χ1) is 8.16. The SMILES string of the molecule is Nc1cn(CCc2ccccc2)c(=O)[nH]c1=O. The maximum Gasteiger partial charge on any atom is 0.328 e. The summed E-state index contributed by atoms with van der Waals surface area (Å²) in [5.74, 6) is 0. The van der Waals surface area contributed by atoms with Gasteiger partial charge in [0.15, 0.2) is 0 Å². The predicted molar refractivity (Wildman–Crippen MR) is 65.9 cm³/mol. The first kappa shape index (κ1) is 11.2. The highest BCUT2D eigenvalue weighted by Gasteiger charge is 2.01. The number of rotatable bonds is 3. The van der Waals surface area contributed by atoms with E-state index < -0.39 is 11.2 Å². The van der Waals surface area contributed by atoms with Crippen molar-refractivity contribution < 1.29 is 0 Å². The summed E-state index contributed by atoms with van der Waals surface area (Å²) in [6, 6.07) is 9.80. The van der Waals surface area contributed by atoms with Gasteiger partial charge in [0.25, 0.3) is 5.56 Å². The summed E-state index contributed by atoms with van der Waals surface area (Å²) in [6.45, 7) is 0.490. The third-order valence-corrected chi connectivity index (χ3v) is 2.52. The topological polar surface area (TPSA) is 80.9 Å². The second-order valence-corrected chi connectivity index (χ2v) is 3.77. The molecule has 0 unspecified atom stereocenters. The second-order valence-electron chi connectivity index (χ2n) is 3.77. The Morgan fingerprint density at radius 3 is 2.59 bits per heavy atom. The molecule has 1 aromatic heterocycles. The molecule has 1 heterocycles. The zero-order valence-corrected chi connectivity index (χ0v) is 9.22. The molecule has 0 spiro atoms. The summed E-state index contributed by atoms with van der Waals surface area (Å²) in [4.78, 5) is 24.7. The van der Waals surface area contributed by atoms with Crippen molar-refractivity contribution in [3.63, 3.8) is 0 Å². The van der Waals surface area contributed by atoms with Gasteiger partial charge in [0.1, 0.15) is 5.69 Å². The molecule has 5 nitrogen and oxygen atoms in total. The fourth-order valence-electron chi connectivity index (χ4n) is 1.59. The Kier molecular flexibility index (Phi) is 3.09. The summed E-state index contributed by atoms with van der Waals surface area (Å²) < 4.78 is 1.41. The van der Waals surface area contributed by atoms with Crippen LogP contribution in [0.5, 0.6) is 0 Å². The van der Waals surface area contributed by atoms with Gasteiger partial charge >= 0.3 is 5.69 Å². The number of anilines is 1. The average molecular weight is 231 g/mol. The van der Waals surface area contributed by atoms with E-state index in [1.54, 1.807) is 0 Å². The van der Waals surface area contributed by atoms with Crippen LogP contribution in [0.2, 0.25) is 0 Å². The van der Waals surface area contributed by atoms with E-state index in [4.69, 9.17) is 5.73 Å². The number of nitrogens with two attached hydrogens (primary N) is 1. The Morgan fingerprint density at radius 2 is 1.88 bits per heavy atom. The van der Waals surface area contributed by atoms with Crippen molar-refractivity contribution in [3.8, 4) is 0 Å². The van der Waals surface area contributed by atoms with E-state index in [0.29, 0.717) is 13.0 Å². The molecule has 3 N–H and O–H groups in total. The third kappa shape index (κ3) is 2.63. The largest absolute Gasteiger partial charge is 0.393 e. The van der Waals surface area contributed by atoms with Crippen LogP contribution < -0.4 is 17.0 Å². The van der Waals surface area contributed by atoms with Crippen molar-refractivity contribution in [2.45, 2.75) is 13.0 Å². The fourth-order valence-corrected chi connectivity index (χ4v) is 1.59. The molecule has 0 fully saturated rings. The number of nitrogen functional groups attached to an aromatic ring is 1. The zero-order chi connectivity index (χ0) is 12.3. The first-order valence-electron chi connectivity index (χ1n) is 5.30. The van der Waals surface area contributed by atoms with Gasteiger partial charge in [-0.25, -0.2) is 4.79 Å². The predicted octanol–water partition coefficient (Wildman–Crippen LogP) is 0.361. The third-order valence-electron chi connectivity index (χ3n) is 2.52. The summed E-state index contributed by atoms with van der Waals surface area (Å²) in [5.41, 5.74) is 5.67. The minimum absolute atomic E-state index is 0.0534. The molecule has 0 amide bonds. The molecule has 2 rings (SSSR count). The highest BCUT2D eigenvalue weighted by molar-refractivity contribution is 5.30. The van der Waals surface area contributed by atoms with Gasteiger partial charge in [-0.3, -0.25) is 14.3 Å². The summed E-state index contributed by atoms with van der Waals surface area (Å²) in [6.07, 6.45) is 2.09. The lowest BCUT2D eigenvalue weighted by Crippen LogP contribution is -2.31. The monoisotopic (exact) mass is 231 g/mol. The standard InChI is InChI=1S/C12H13N3O2/c13-10-8-15(12(17)14-11(10)16)7-6-9-4-2-1-3-5-9/h1-5,8H,6-7,13H2,(H,14,16,17). The first-order valence-corrected chi connectivity index (χ1v) is 5.30. The molecular formula is C12H13N3O2. The van der Waals surface area contributed by atoms with Crippen LogP contribution in [0.1, 0.15) is 5.56 Å². The highest BCUT2D eigenvalue weighted by atomic mass is 16.2. The van der Waals surface area contributed by atoms with Crippen molar-refractivity contribution in [3.05, 3.63) is 62.9 Å². The Morgan fingerprint density at radius 1 is 1.18 bits per heavy atom. The van der Waals surface area contributed by atoms with Gasteiger partial charge < -0.3 is 5.73 Å². The lowest BCUT2D eigenvalue weighted by molar-refractivity contribution is 0.647. The van der Waals surface area contributed by atoms with Crippen LogP contribution in [0.15, 0.2) is 46.1 Å². The minimum atomic E-state index is -0.536. The van der Waals surface area contributed by atoms with Crippen molar-refractivity contribution in [2.75, 3.05) is 5.73 Å². The van der Waals surface area contributed by atoms with E-state index in [0.717, 1.165) is 5.56 Å². The van der Waals surface area contributed by atoms with Crippen LogP contribution in [0.3, 0.4) is 0 Å². The maximum atomic E-state index is 11.5. The van der Waals surface area contributed by atoms with Crippen molar-refractivity contribution in [1.82, 2.24) is 9.55 Å². The number of H-pyrrole nitrogens is 1. The van der Waals surface area contributed by atoms with Crippen LogP contribution in [-0.2, 0) is 13.0 Å². The maximum absolute atomic E-state index is 11.5. The van der Waals surface area contributed by atoms with E-state index in [1.807, 2.05) is 30.3 Å². The molecular weight excluding hydrogens is 218 g/mol. The second kappa shape index (κ2) is 4.69. The normalized spacial score (nSPS) is 10.4. The molecule has 2 aromatic rings. The number of hydrogen-bond acceptors (Lipinski definition) is 3.